The van der Waals surface area contributed by atoms with Crippen LogP contribution in [0.15, 0.2) is 60.9 Å². The van der Waals surface area contributed by atoms with E-state index in [0.29, 0.717) is 5.95 Å². The van der Waals surface area contributed by atoms with Gasteiger partial charge >= 0.3 is 0 Å². The summed E-state index contributed by atoms with van der Waals surface area (Å²) in [5.41, 5.74) is 1.03. The van der Waals surface area contributed by atoms with E-state index in [1.54, 1.807) is 6.20 Å². The highest BCUT2D eigenvalue weighted by atomic mass is 15.4. The Morgan fingerprint density at radius 3 is 2.23 bits per heavy atom. The normalized spacial score (nSPS) is 14.3. The minimum atomic E-state index is 0.598. The summed E-state index contributed by atoms with van der Waals surface area (Å²) in [6.45, 7) is 3.57. The molecule has 0 saturated carbocycles. The van der Waals surface area contributed by atoms with Crippen LogP contribution in [0.3, 0.4) is 0 Å². The van der Waals surface area contributed by atoms with Crippen molar-refractivity contribution in [1.82, 2.24) is 20.2 Å². The fraction of sp³-hybridized carbons (Fsp3) is 0.263. The molecule has 3 aromatic rings. The number of para-hydroxylation sites is 1. The van der Waals surface area contributed by atoms with E-state index in [2.05, 4.69) is 31.0 Å². The Kier molecular flexibility index (Phi) is 4.59. The lowest BCUT2D eigenvalue weighted by Gasteiger charge is -2.36. The van der Waals surface area contributed by atoms with Crippen LogP contribution < -0.4 is 14.7 Å². The maximum absolute atomic E-state index is 4.71. The van der Waals surface area contributed by atoms with E-state index < -0.39 is 0 Å². The van der Waals surface area contributed by atoms with Gasteiger partial charge in [0.1, 0.15) is 5.82 Å². The zero-order valence-electron chi connectivity index (χ0n) is 14.7. The van der Waals surface area contributed by atoms with Gasteiger partial charge in [-0.3, -0.25) is 0 Å². The molecule has 0 aliphatic carbocycles. The van der Waals surface area contributed by atoms with Crippen LogP contribution in [0.4, 0.5) is 23.3 Å². The quantitative estimate of drug-likeness (QED) is 0.718. The topological polar surface area (TPSA) is 61.3 Å². The lowest BCUT2D eigenvalue weighted by atomic mass is 10.3. The molecule has 2 aromatic heterocycles. The molecule has 0 amide bonds. The molecule has 132 valence electrons. The van der Waals surface area contributed by atoms with Crippen LogP contribution in [0.5, 0.6) is 0 Å². The molecule has 1 saturated heterocycles. The highest BCUT2D eigenvalue weighted by Crippen LogP contribution is 2.22. The van der Waals surface area contributed by atoms with Gasteiger partial charge in [0.2, 0.25) is 0 Å². The smallest absolute Gasteiger partial charge is 0.251 e. The average molecular weight is 347 g/mol. The standard InChI is InChI=1S/C19H21N7/c1-24(16-7-3-2-4-8-16)19-22-18(15-21-23-19)26-13-11-25(12-14-26)17-9-5-6-10-20-17/h2-10,15H,11-14H2,1H3. The highest BCUT2D eigenvalue weighted by molar-refractivity contribution is 5.57. The first-order chi connectivity index (χ1) is 12.8. The van der Waals surface area contributed by atoms with Gasteiger partial charge in [-0.05, 0) is 24.3 Å². The molecule has 0 radical (unpaired) electrons. The largest absolute Gasteiger partial charge is 0.353 e. The molecule has 0 bridgehead atoms. The summed E-state index contributed by atoms with van der Waals surface area (Å²) in [4.78, 5) is 15.6. The fourth-order valence-electron chi connectivity index (χ4n) is 3.05. The van der Waals surface area contributed by atoms with E-state index in [4.69, 9.17) is 4.98 Å². The zero-order valence-corrected chi connectivity index (χ0v) is 14.7. The first-order valence-electron chi connectivity index (χ1n) is 8.71. The van der Waals surface area contributed by atoms with Crippen LogP contribution in [0, 0.1) is 0 Å². The van der Waals surface area contributed by atoms with E-state index in [9.17, 15) is 0 Å². The van der Waals surface area contributed by atoms with Crippen LogP contribution >= 0.6 is 0 Å². The van der Waals surface area contributed by atoms with Crippen molar-refractivity contribution >= 4 is 23.3 Å². The number of benzene rings is 1. The van der Waals surface area contributed by atoms with Crippen molar-refractivity contribution in [2.75, 3.05) is 47.9 Å². The number of rotatable bonds is 4. The van der Waals surface area contributed by atoms with Gasteiger partial charge in [0.05, 0.1) is 6.20 Å². The first-order valence-corrected chi connectivity index (χ1v) is 8.71. The number of hydrogen-bond acceptors (Lipinski definition) is 7. The Morgan fingerprint density at radius 2 is 1.54 bits per heavy atom. The number of anilines is 4. The molecule has 1 aliphatic rings. The van der Waals surface area contributed by atoms with E-state index >= 15 is 0 Å². The molecule has 0 atom stereocenters. The Bertz CT molecular complexity index is 833. The molecule has 1 aromatic carbocycles. The van der Waals surface area contributed by atoms with Gasteiger partial charge < -0.3 is 14.7 Å². The minimum Gasteiger partial charge on any atom is -0.353 e. The number of piperazine rings is 1. The average Bonchev–Trinajstić information content (AvgIpc) is 2.75. The third kappa shape index (κ3) is 3.42. The predicted molar refractivity (Wildman–Crippen MR) is 103 cm³/mol. The van der Waals surface area contributed by atoms with E-state index in [1.165, 1.54) is 0 Å². The van der Waals surface area contributed by atoms with Crippen molar-refractivity contribution in [2.24, 2.45) is 0 Å². The lowest BCUT2D eigenvalue weighted by Crippen LogP contribution is -2.47. The van der Waals surface area contributed by atoms with Gasteiger partial charge in [-0.25, -0.2) is 4.98 Å². The molecule has 0 spiro atoms. The van der Waals surface area contributed by atoms with Crippen molar-refractivity contribution in [3.63, 3.8) is 0 Å². The van der Waals surface area contributed by atoms with Crippen LogP contribution in [0.1, 0.15) is 0 Å². The fourth-order valence-corrected chi connectivity index (χ4v) is 3.05. The highest BCUT2D eigenvalue weighted by Gasteiger charge is 2.20. The van der Waals surface area contributed by atoms with Gasteiger partial charge in [-0.1, -0.05) is 24.3 Å². The van der Waals surface area contributed by atoms with Gasteiger partial charge in [-0.15, -0.1) is 5.10 Å². The van der Waals surface area contributed by atoms with E-state index in [0.717, 1.165) is 43.5 Å². The van der Waals surface area contributed by atoms with Crippen LogP contribution in [-0.2, 0) is 0 Å². The summed E-state index contributed by atoms with van der Waals surface area (Å²) in [5, 5.41) is 8.35. The van der Waals surface area contributed by atoms with Crippen molar-refractivity contribution in [2.45, 2.75) is 0 Å². The van der Waals surface area contributed by atoms with Crippen LogP contribution in [0.2, 0.25) is 0 Å². The second kappa shape index (κ2) is 7.35. The molecule has 1 fully saturated rings. The Labute approximate surface area is 152 Å². The number of pyridine rings is 1. The maximum atomic E-state index is 4.71. The van der Waals surface area contributed by atoms with Gasteiger partial charge in [0.15, 0.2) is 5.82 Å². The third-order valence-corrected chi connectivity index (χ3v) is 4.56. The molecular formula is C19H21N7. The zero-order chi connectivity index (χ0) is 17.8. The molecule has 4 rings (SSSR count). The second-order valence-corrected chi connectivity index (χ2v) is 6.17. The first kappa shape index (κ1) is 16.3. The number of hydrogen-bond donors (Lipinski definition) is 0. The molecule has 7 nitrogen and oxygen atoms in total. The predicted octanol–water partition coefficient (Wildman–Crippen LogP) is 2.36. The summed E-state index contributed by atoms with van der Waals surface area (Å²) < 4.78 is 0. The molecule has 7 heteroatoms. The van der Waals surface area contributed by atoms with E-state index in [-0.39, 0.29) is 0 Å². The molecule has 26 heavy (non-hydrogen) atoms. The Balaban J connectivity index is 1.46. The molecule has 1 aliphatic heterocycles. The van der Waals surface area contributed by atoms with Crippen molar-refractivity contribution in [3.8, 4) is 0 Å². The second-order valence-electron chi connectivity index (χ2n) is 6.17. The van der Waals surface area contributed by atoms with Crippen molar-refractivity contribution in [1.29, 1.82) is 0 Å². The van der Waals surface area contributed by atoms with Gasteiger partial charge in [-0.2, -0.15) is 10.1 Å². The number of aromatic nitrogens is 4. The van der Waals surface area contributed by atoms with Crippen molar-refractivity contribution in [3.05, 3.63) is 60.9 Å². The minimum absolute atomic E-state index is 0.598. The van der Waals surface area contributed by atoms with Crippen molar-refractivity contribution < 1.29 is 0 Å². The summed E-state index contributed by atoms with van der Waals surface area (Å²) in [7, 11) is 1.95. The summed E-state index contributed by atoms with van der Waals surface area (Å²) in [5.74, 6) is 2.48. The SMILES string of the molecule is CN(c1ccccc1)c1nncc(N2CCN(c3ccccn3)CC2)n1. The van der Waals surface area contributed by atoms with E-state index in [1.807, 2.05) is 60.6 Å². The molecular weight excluding hydrogens is 326 g/mol. The lowest BCUT2D eigenvalue weighted by molar-refractivity contribution is 0.638. The maximum Gasteiger partial charge on any atom is 0.251 e. The van der Waals surface area contributed by atoms with Crippen LogP contribution in [0.25, 0.3) is 0 Å². The number of nitrogens with zero attached hydrogens (tertiary/aromatic N) is 7. The monoisotopic (exact) mass is 347 g/mol. The summed E-state index contributed by atoms with van der Waals surface area (Å²) in [6.07, 6.45) is 3.57. The van der Waals surface area contributed by atoms with Gasteiger partial charge in [0, 0.05) is 45.1 Å². The Hall–Kier alpha value is -3.22. The summed E-state index contributed by atoms with van der Waals surface area (Å²) >= 11 is 0. The van der Waals surface area contributed by atoms with Gasteiger partial charge in [0.25, 0.3) is 5.95 Å². The molecule has 3 heterocycles. The summed E-state index contributed by atoms with van der Waals surface area (Å²) in [6, 6.07) is 16.1. The molecule has 0 unspecified atom stereocenters. The molecule has 0 N–H and O–H groups in total. The Morgan fingerprint density at radius 1 is 0.846 bits per heavy atom. The van der Waals surface area contributed by atoms with Crippen LogP contribution in [-0.4, -0.2) is 53.4 Å². The third-order valence-electron chi connectivity index (χ3n) is 4.56.